The Hall–Kier alpha value is -1.84. The summed E-state index contributed by atoms with van der Waals surface area (Å²) in [5.41, 5.74) is 0.0366. The van der Waals surface area contributed by atoms with Crippen molar-refractivity contribution in [1.82, 2.24) is 0 Å². The monoisotopic (exact) mass is 276 g/mol. The van der Waals surface area contributed by atoms with Gasteiger partial charge < -0.3 is 10.2 Å². The molecule has 0 saturated carbocycles. The Bertz CT molecular complexity index is 606. The molecule has 2 aromatic carbocycles. The first kappa shape index (κ1) is 13.6. The van der Waals surface area contributed by atoms with Crippen molar-refractivity contribution in [3.8, 4) is 11.1 Å². The van der Waals surface area contributed by atoms with Crippen LogP contribution in [0.15, 0.2) is 48.5 Å². The SMILES string of the molecule is CC(O)(C(=O)O)c1ccc(-c2ccccc2)cc1Cl. The van der Waals surface area contributed by atoms with E-state index in [-0.39, 0.29) is 10.6 Å². The maximum atomic E-state index is 11.0. The number of hydrogen-bond donors (Lipinski definition) is 2. The number of carbonyl (C=O) groups is 1. The fourth-order valence-corrected chi connectivity index (χ4v) is 2.20. The Balaban J connectivity index is 2.47. The van der Waals surface area contributed by atoms with Gasteiger partial charge in [0.05, 0.1) is 0 Å². The summed E-state index contributed by atoms with van der Waals surface area (Å²) in [6, 6.07) is 14.5. The molecule has 1 unspecified atom stereocenters. The minimum absolute atomic E-state index is 0.182. The van der Waals surface area contributed by atoms with Gasteiger partial charge in [0.1, 0.15) is 0 Å². The van der Waals surface area contributed by atoms with E-state index in [0.29, 0.717) is 0 Å². The minimum Gasteiger partial charge on any atom is -0.479 e. The Kier molecular flexibility index (Phi) is 3.60. The van der Waals surface area contributed by atoms with Crippen LogP contribution in [-0.2, 0) is 10.4 Å². The van der Waals surface area contributed by atoms with E-state index < -0.39 is 11.6 Å². The smallest absolute Gasteiger partial charge is 0.340 e. The van der Waals surface area contributed by atoms with Crippen LogP contribution in [0.3, 0.4) is 0 Å². The third kappa shape index (κ3) is 2.62. The number of rotatable bonds is 3. The summed E-state index contributed by atoms with van der Waals surface area (Å²) in [7, 11) is 0. The zero-order valence-corrected chi connectivity index (χ0v) is 11.1. The van der Waals surface area contributed by atoms with Crippen molar-refractivity contribution in [2.24, 2.45) is 0 Å². The highest BCUT2D eigenvalue weighted by Gasteiger charge is 2.34. The molecule has 2 N–H and O–H groups in total. The van der Waals surface area contributed by atoms with E-state index in [2.05, 4.69) is 0 Å². The van der Waals surface area contributed by atoms with E-state index in [1.807, 2.05) is 30.3 Å². The number of halogens is 1. The molecule has 0 fully saturated rings. The summed E-state index contributed by atoms with van der Waals surface area (Å²) in [6.07, 6.45) is 0. The summed E-state index contributed by atoms with van der Waals surface area (Å²) in [5, 5.41) is 19.1. The third-order valence-electron chi connectivity index (χ3n) is 3.02. The summed E-state index contributed by atoms with van der Waals surface area (Å²) in [5.74, 6) is -1.33. The molecule has 98 valence electrons. The van der Waals surface area contributed by atoms with E-state index in [0.717, 1.165) is 11.1 Å². The van der Waals surface area contributed by atoms with Crippen molar-refractivity contribution >= 4 is 17.6 Å². The quantitative estimate of drug-likeness (QED) is 0.904. The van der Waals surface area contributed by atoms with E-state index >= 15 is 0 Å². The summed E-state index contributed by atoms with van der Waals surface area (Å²) in [6.45, 7) is 1.21. The lowest BCUT2D eigenvalue weighted by Crippen LogP contribution is -2.32. The molecule has 1 atom stereocenters. The van der Waals surface area contributed by atoms with E-state index in [1.54, 1.807) is 18.2 Å². The van der Waals surface area contributed by atoms with Crippen LogP contribution in [-0.4, -0.2) is 16.2 Å². The maximum Gasteiger partial charge on any atom is 0.340 e. The number of aliphatic carboxylic acids is 1. The summed E-state index contributed by atoms with van der Waals surface area (Å²) in [4.78, 5) is 11.0. The molecule has 0 aliphatic carbocycles. The molecule has 0 heterocycles. The highest BCUT2D eigenvalue weighted by molar-refractivity contribution is 6.32. The topological polar surface area (TPSA) is 57.5 Å². The lowest BCUT2D eigenvalue weighted by Gasteiger charge is -2.20. The van der Waals surface area contributed by atoms with Gasteiger partial charge in [-0.1, -0.05) is 54.1 Å². The van der Waals surface area contributed by atoms with Crippen molar-refractivity contribution in [2.45, 2.75) is 12.5 Å². The molecule has 0 amide bonds. The van der Waals surface area contributed by atoms with Crippen LogP contribution < -0.4 is 0 Å². The lowest BCUT2D eigenvalue weighted by molar-refractivity contribution is -0.157. The van der Waals surface area contributed by atoms with Gasteiger partial charge in [0.15, 0.2) is 5.60 Å². The number of hydrogen-bond acceptors (Lipinski definition) is 2. The van der Waals surface area contributed by atoms with Crippen molar-refractivity contribution in [3.63, 3.8) is 0 Å². The second-order valence-electron chi connectivity index (χ2n) is 4.44. The fourth-order valence-electron chi connectivity index (χ4n) is 1.84. The first-order valence-corrected chi connectivity index (χ1v) is 6.12. The Morgan fingerprint density at radius 1 is 1.11 bits per heavy atom. The standard InChI is InChI=1S/C15H13ClO3/c1-15(19,14(17)18)12-8-7-11(9-13(12)16)10-5-3-2-4-6-10/h2-9,19H,1H3,(H,17,18). The molecule has 0 aliphatic rings. The van der Waals surface area contributed by atoms with Gasteiger partial charge in [0.25, 0.3) is 0 Å². The number of aliphatic hydroxyl groups is 1. The van der Waals surface area contributed by atoms with E-state index in [1.165, 1.54) is 6.92 Å². The average Bonchev–Trinajstić information content (AvgIpc) is 2.39. The molecule has 4 heteroatoms. The Morgan fingerprint density at radius 2 is 1.74 bits per heavy atom. The van der Waals surface area contributed by atoms with Crippen LogP contribution >= 0.6 is 11.6 Å². The van der Waals surface area contributed by atoms with Crippen molar-refractivity contribution < 1.29 is 15.0 Å². The number of carboxylic acids is 1. The summed E-state index contributed by atoms with van der Waals surface area (Å²) >= 11 is 6.08. The van der Waals surface area contributed by atoms with Crippen LogP contribution in [0, 0.1) is 0 Å². The average molecular weight is 277 g/mol. The molecule has 0 aliphatic heterocycles. The van der Waals surface area contributed by atoms with Crippen molar-refractivity contribution in [1.29, 1.82) is 0 Å². The highest BCUT2D eigenvalue weighted by Crippen LogP contribution is 2.32. The molecule has 0 aromatic heterocycles. The van der Waals surface area contributed by atoms with Crippen molar-refractivity contribution in [3.05, 3.63) is 59.1 Å². The number of benzene rings is 2. The van der Waals surface area contributed by atoms with Crippen LogP contribution in [0.1, 0.15) is 12.5 Å². The van der Waals surface area contributed by atoms with Gasteiger partial charge in [0, 0.05) is 10.6 Å². The molecule has 2 aromatic rings. The van der Waals surface area contributed by atoms with Crippen LogP contribution in [0.25, 0.3) is 11.1 Å². The first-order valence-electron chi connectivity index (χ1n) is 5.74. The Morgan fingerprint density at radius 3 is 2.26 bits per heavy atom. The largest absolute Gasteiger partial charge is 0.479 e. The van der Waals surface area contributed by atoms with Gasteiger partial charge >= 0.3 is 5.97 Å². The lowest BCUT2D eigenvalue weighted by atomic mass is 9.94. The second kappa shape index (κ2) is 5.03. The van der Waals surface area contributed by atoms with Crippen molar-refractivity contribution in [2.75, 3.05) is 0 Å². The summed E-state index contributed by atoms with van der Waals surface area (Å²) < 4.78 is 0. The molecule has 19 heavy (non-hydrogen) atoms. The van der Waals surface area contributed by atoms with Gasteiger partial charge in [-0.25, -0.2) is 4.79 Å². The second-order valence-corrected chi connectivity index (χ2v) is 4.85. The van der Waals surface area contributed by atoms with Gasteiger partial charge in [0.2, 0.25) is 0 Å². The first-order chi connectivity index (χ1) is 8.93. The molecule has 0 radical (unpaired) electrons. The maximum absolute atomic E-state index is 11.0. The molecule has 0 spiro atoms. The van der Waals surface area contributed by atoms with E-state index in [9.17, 15) is 9.90 Å². The van der Waals surface area contributed by atoms with Gasteiger partial charge in [-0.2, -0.15) is 0 Å². The molecule has 0 saturated heterocycles. The Labute approximate surface area is 116 Å². The van der Waals surface area contributed by atoms with E-state index in [4.69, 9.17) is 16.7 Å². The highest BCUT2D eigenvalue weighted by atomic mass is 35.5. The predicted octanol–water partition coefficient (Wildman–Crippen LogP) is 3.30. The normalized spacial score (nSPS) is 13.8. The third-order valence-corrected chi connectivity index (χ3v) is 3.33. The minimum atomic E-state index is -1.99. The van der Waals surface area contributed by atoms with Crippen LogP contribution in [0.2, 0.25) is 5.02 Å². The molecule has 2 rings (SSSR count). The molecule has 3 nitrogen and oxygen atoms in total. The predicted molar refractivity (Wildman–Crippen MR) is 74.1 cm³/mol. The molecular formula is C15H13ClO3. The van der Waals surface area contributed by atoms with Crippen LogP contribution in [0.5, 0.6) is 0 Å². The zero-order chi connectivity index (χ0) is 14.0. The van der Waals surface area contributed by atoms with Gasteiger partial charge in [-0.15, -0.1) is 0 Å². The van der Waals surface area contributed by atoms with Crippen LogP contribution in [0.4, 0.5) is 0 Å². The van der Waals surface area contributed by atoms with Gasteiger partial charge in [-0.3, -0.25) is 0 Å². The number of carboxylic acid groups (broad SMARTS) is 1. The molecular weight excluding hydrogens is 264 g/mol. The molecule has 0 bridgehead atoms. The zero-order valence-electron chi connectivity index (χ0n) is 10.3. The fraction of sp³-hybridized carbons (Fsp3) is 0.133. The van der Waals surface area contributed by atoms with Gasteiger partial charge in [-0.05, 0) is 24.1 Å².